The summed E-state index contributed by atoms with van der Waals surface area (Å²) in [6.07, 6.45) is 5.40. The zero-order valence-electron chi connectivity index (χ0n) is 11.8. The second-order valence-corrected chi connectivity index (χ2v) is 5.01. The van der Waals surface area contributed by atoms with E-state index in [1.807, 2.05) is 25.4 Å². The summed E-state index contributed by atoms with van der Waals surface area (Å²) in [6.45, 7) is 4.11. The molecule has 0 radical (unpaired) electrons. The zero-order valence-corrected chi connectivity index (χ0v) is 11.8. The fraction of sp³-hybridized carbons (Fsp3) is 0.235. The molecule has 2 aromatic heterocycles. The maximum absolute atomic E-state index is 4.60. The first kappa shape index (κ1) is 12.7. The Morgan fingerprint density at radius 2 is 1.80 bits per heavy atom. The van der Waals surface area contributed by atoms with Crippen molar-refractivity contribution in [1.82, 2.24) is 15.0 Å². The van der Waals surface area contributed by atoms with Crippen molar-refractivity contribution in [1.29, 1.82) is 0 Å². The van der Waals surface area contributed by atoms with Gasteiger partial charge in [0, 0.05) is 29.9 Å². The number of aromatic nitrogens is 3. The Bertz CT molecular complexity index is 750. The van der Waals surface area contributed by atoms with Gasteiger partial charge in [0.15, 0.2) is 0 Å². The fourth-order valence-electron chi connectivity index (χ4n) is 2.30. The van der Waals surface area contributed by atoms with Gasteiger partial charge in [-0.25, -0.2) is 0 Å². The molecule has 100 valence electrons. The van der Waals surface area contributed by atoms with Crippen molar-refractivity contribution in [3.63, 3.8) is 0 Å². The second-order valence-electron chi connectivity index (χ2n) is 5.01. The quantitative estimate of drug-likeness (QED) is 0.726. The number of aryl methyl sites for hydroxylation is 2. The van der Waals surface area contributed by atoms with E-state index >= 15 is 0 Å². The number of rotatable bonds is 3. The highest BCUT2D eigenvalue weighted by molar-refractivity contribution is 5.79. The van der Waals surface area contributed by atoms with Crippen molar-refractivity contribution in [3.05, 3.63) is 65.4 Å². The molecule has 0 unspecified atom stereocenters. The van der Waals surface area contributed by atoms with Gasteiger partial charge in [-0.2, -0.15) is 0 Å². The number of hydrogen-bond acceptors (Lipinski definition) is 3. The molecular formula is C17H17N3. The maximum Gasteiger partial charge on any atom is 0.0705 e. The Morgan fingerprint density at radius 3 is 2.65 bits per heavy atom. The topological polar surface area (TPSA) is 38.7 Å². The SMILES string of the molecule is CCc1cncc(Cc2ccc3nc(C)ccc3c2)n1. The fourth-order valence-corrected chi connectivity index (χ4v) is 2.30. The van der Waals surface area contributed by atoms with E-state index in [4.69, 9.17) is 0 Å². The summed E-state index contributed by atoms with van der Waals surface area (Å²) in [5.41, 5.74) is 5.39. The van der Waals surface area contributed by atoms with E-state index < -0.39 is 0 Å². The van der Waals surface area contributed by atoms with Gasteiger partial charge in [0.1, 0.15) is 0 Å². The third kappa shape index (κ3) is 2.67. The molecule has 0 amide bonds. The summed E-state index contributed by atoms with van der Waals surface area (Å²) < 4.78 is 0. The summed E-state index contributed by atoms with van der Waals surface area (Å²) in [5.74, 6) is 0. The van der Waals surface area contributed by atoms with Crippen LogP contribution in [0.5, 0.6) is 0 Å². The summed E-state index contributed by atoms with van der Waals surface area (Å²) in [7, 11) is 0. The van der Waals surface area contributed by atoms with Crippen molar-refractivity contribution in [2.24, 2.45) is 0 Å². The Kier molecular flexibility index (Phi) is 3.42. The number of hydrogen-bond donors (Lipinski definition) is 0. The molecule has 20 heavy (non-hydrogen) atoms. The molecule has 0 N–H and O–H groups in total. The van der Waals surface area contributed by atoms with Crippen LogP contribution in [-0.4, -0.2) is 15.0 Å². The van der Waals surface area contributed by atoms with Crippen molar-refractivity contribution in [2.45, 2.75) is 26.7 Å². The lowest BCUT2D eigenvalue weighted by atomic mass is 10.1. The van der Waals surface area contributed by atoms with E-state index in [9.17, 15) is 0 Å². The second kappa shape index (κ2) is 5.37. The molecule has 3 nitrogen and oxygen atoms in total. The van der Waals surface area contributed by atoms with Crippen LogP contribution in [0.4, 0.5) is 0 Å². The number of pyridine rings is 1. The number of fused-ring (bicyclic) bond motifs is 1. The Hall–Kier alpha value is -2.29. The monoisotopic (exact) mass is 263 g/mol. The Balaban J connectivity index is 1.92. The average Bonchev–Trinajstić information content (AvgIpc) is 2.47. The van der Waals surface area contributed by atoms with E-state index in [-0.39, 0.29) is 0 Å². The standard InChI is InChI=1S/C17H17N3/c1-3-15-10-18-11-16(20-15)9-13-5-7-17-14(8-13)6-4-12(2)19-17/h4-8,10-11H,3,9H2,1-2H3. The predicted molar refractivity (Wildman–Crippen MR) is 80.7 cm³/mol. The summed E-state index contributed by atoms with van der Waals surface area (Å²) in [4.78, 5) is 13.4. The first-order valence-electron chi connectivity index (χ1n) is 6.90. The molecule has 0 fully saturated rings. The van der Waals surface area contributed by atoms with Crippen molar-refractivity contribution in [3.8, 4) is 0 Å². The minimum absolute atomic E-state index is 0.810. The summed E-state index contributed by atoms with van der Waals surface area (Å²) in [5, 5.41) is 1.17. The van der Waals surface area contributed by atoms with Gasteiger partial charge in [-0.3, -0.25) is 15.0 Å². The van der Waals surface area contributed by atoms with E-state index in [0.717, 1.165) is 35.4 Å². The van der Waals surface area contributed by atoms with E-state index in [1.54, 1.807) is 0 Å². The molecule has 3 aromatic rings. The average molecular weight is 263 g/mol. The maximum atomic E-state index is 4.60. The first-order valence-corrected chi connectivity index (χ1v) is 6.90. The summed E-state index contributed by atoms with van der Waals surface area (Å²) >= 11 is 0. The van der Waals surface area contributed by atoms with Crippen LogP contribution in [0, 0.1) is 6.92 Å². The van der Waals surface area contributed by atoms with Crippen LogP contribution >= 0.6 is 0 Å². The van der Waals surface area contributed by atoms with Gasteiger partial charge in [-0.1, -0.05) is 19.1 Å². The van der Waals surface area contributed by atoms with Crippen molar-refractivity contribution in [2.75, 3.05) is 0 Å². The van der Waals surface area contributed by atoms with Gasteiger partial charge in [0.25, 0.3) is 0 Å². The lowest BCUT2D eigenvalue weighted by molar-refractivity contribution is 0.936. The molecule has 0 saturated heterocycles. The molecule has 3 rings (SSSR count). The third-order valence-corrected chi connectivity index (χ3v) is 3.37. The van der Waals surface area contributed by atoms with Crippen LogP contribution in [0.3, 0.4) is 0 Å². The molecular weight excluding hydrogens is 246 g/mol. The molecule has 0 aliphatic carbocycles. The largest absolute Gasteiger partial charge is 0.261 e. The molecule has 0 aliphatic heterocycles. The van der Waals surface area contributed by atoms with Gasteiger partial charge in [0.05, 0.1) is 16.9 Å². The molecule has 0 aliphatic rings. The highest BCUT2D eigenvalue weighted by Crippen LogP contribution is 2.16. The van der Waals surface area contributed by atoms with Crippen LogP contribution in [0.2, 0.25) is 0 Å². The van der Waals surface area contributed by atoms with Crippen molar-refractivity contribution >= 4 is 10.9 Å². The minimum atomic E-state index is 0.810. The van der Waals surface area contributed by atoms with Gasteiger partial charge in [-0.05, 0) is 37.1 Å². The van der Waals surface area contributed by atoms with Crippen LogP contribution in [0.1, 0.15) is 29.6 Å². The van der Waals surface area contributed by atoms with E-state index in [1.165, 1.54) is 10.9 Å². The van der Waals surface area contributed by atoms with Gasteiger partial charge < -0.3 is 0 Å². The molecule has 0 atom stereocenters. The molecule has 2 heterocycles. The minimum Gasteiger partial charge on any atom is -0.261 e. The van der Waals surface area contributed by atoms with Crippen molar-refractivity contribution < 1.29 is 0 Å². The van der Waals surface area contributed by atoms with Crippen LogP contribution in [-0.2, 0) is 12.8 Å². The first-order chi connectivity index (χ1) is 9.74. The molecule has 0 saturated carbocycles. The highest BCUT2D eigenvalue weighted by atomic mass is 14.8. The van der Waals surface area contributed by atoms with Crippen LogP contribution in [0.25, 0.3) is 10.9 Å². The smallest absolute Gasteiger partial charge is 0.0705 e. The number of nitrogens with zero attached hydrogens (tertiary/aromatic N) is 3. The zero-order chi connectivity index (χ0) is 13.9. The molecule has 3 heteroatoms. The molecule has 0 bridgehead atoms. The highest BCUT2D eigenvalue weighted by Gasteiger charge is 2.02. The van der Waals surface area contributed by atoms with Gasteiger partial charge >= 0.3 is 0 Å². The predicted octanol–water partition coefficient (Wildman–Crippen LogP) is 3.49. The van der Waals surface area contributed by atoms with Gasteiger partial charge in [0.2, 0.25) is 0 Å². The normalized spacial score (nSPS) is 10.9. The lowest BCUT2D eigenvalue weighted by Crippen LogP contribution is -1.97. The summed E-state index contributed by atoms with van der Waals surface area (Å²) in [6, 6.07) is 10.5. The van der Waals surface area contributed by atoms with Gasteiger partial charge in [-0.15, -0.1) is 0 Å². The Labute approximate surface area is 118 Å². The third-order valence-electron chi connectivity index (χ3n) is 3.37. The lowest BCUT2D eigenvalue weighted by Gasteiger charge is -2.05. The van der Waals surface area contributed by atoms with Crippen LogP contribution < -0.4 is 0 Å². The number of benzene rings is 1. The molecule has 1 aromatic carbocycles. The van der Waals surface area contributed by atoms with E-state index in [0.29, 0.717) is 0 Å². The van der Waals surface area contributed by atoms with Crippen LogP contribution in [0.15, 0.2) is 42.7 Å². The molecule has 0 spiro atoms. The Morgan fingerprint density at radius 1 is 0.950 bits per heavy atom. The van der Waals surface area contributed by atoms with E-state index in [2.05, 4.69) is 46.1 Å².